The highest BCUT2D eigenvalue weighted by atomic mass is 16.2. The van der Waals surface area contributed by atoms with Crippen LogP contribution in [0.1, 0.15) is 12.1 Å². The largest absolute Gasteiger partial charge is 0.353 e. The minimum atomic E-state index is 0.199. The average Bonchev–Trinajstić information content (AvgIpc) is 3.13. The lowest BCUT2D eigenvalue weighted by Crippen LogP contribution is -2.49. The molecule has 0 aromatic carbocycles. The number of aromatic nitrogens is 3. The van der Waals surface area contributed by atoms with Gasteiger partial charge in [0.25, 0.3) is 0 Å². The molecule has 25 heavy (non-hydrogen) atoms. The van der Waals surface area contributed by atoms with Crippen LogP contribution in [0.4, 0.5) is 5.82 Å². The monoisotopic (exact) mass is 340 g/mol. The van der Waals surface area contributed by atoms with Crippen molar-refractivity contribution in [1.82, 2.24) is 25.0 Å². The molecule has 1 fully saturated rings. The van der Waals surface area contributed by atoms with E-state index in [1.54, 1.807) is 23.3 Å². The number of nitrogens with one attached hydrogen (secondary N) is 1. The molecule has 0 atom stereocenters. The number of carbonyl (C=O) groups excluding carboxylic acids is 1. The Hall–Kier alpha value is -2.67. The van der Waals surface area contributed by atoms with Gasteiger partial charge >= 0.3 is 0 Å². The fraction of sp³-hybridized carbons (Fsp3) is 0.389. The van der Waals surface area contributed by atoms with E-state index in [1.165, 1.54) is 0 Å². The molecular weight excluding hydrogens is 316 g/mol. The van der Waals surface area contributed by atoms with Crippen LogP contribution in [0.25, 0.3) is 6.20 Å². The van der Waals surface area contributed by atoms with E-state index in [4.69, 9.17) is 0 Å². The Balaban J connectivity index is 1.37. The van der Waals surface area contributed by atoms with Gasteiger partial charge in [0, 0.05) is 64.3 Å². The lowest BCUT2D eigenvalue weighted by molar-refractivity contribution is -0.131. The molecule has 0 bridgehead atoms. The zero-order chi connectivity index (χ0) is 17.5. The van der Waals surface area contributed by atoms with Gasteiger partial charge in [-0.25, -0.2) is 9.67 Å². The molecule has 3 rings (SSSR count). The first kappa shape index (κ1) is 17.2. The quantitative estimate of drug-likeness (QED) is 0.768. The molecular formula is C18H24N6O. The Labute approximate surface area is 148 Å². The number of piperazine rings is 1. The van der Waals surface area contributed by atoms with Crippen molar-refractivity contribution in [2.75, 3.05) is 37.6 Å². The van der Waals surface area contributed by atoms with Gasteiger partial charge in [-0.2, -0.15) is 5.10 Å². The number of carbonyl (C=O) groups is 1. The first-order valence-corrected chi connectivity index (χ1v) is 8.57. The van der Waals surface area contributed by atoms with Crippen LogP contribution in [0.3, 0.4) is 0 Å². The second-order valence-corrected chi connectivity index (χ2v) is 5.93. The number of amides is 1. The van der Waals surface area contributed by atoms with Crippen molar-refractivity contribution in [3.63, 3.8) is 0 Å². The molecule has 132 valence electrons. The van der Waals surface area contributed by atoms with E-state index in [-0.39, 0.29) is 5.91 Å². The van der Waals surface area contributed by atoms with Crippen LogP contribution < -0.4 is 10.2 Å². The average molecular weight is 340 g/mol. The van der Waals surface area contributed by atoms with Crippen LogP contribution >= 0.6 is 0 Å². The number of hydrogen-bond donors (Lipinski definition) is 1. The highest BCUT2D eigenvalue weighted by Gasteiger charge is 2.21. The third kappa shape index (κ3) is 4.45. The second-order valence-electron chi connectivity index (χ2n) is 5.93. The van der Waals surface area contributed by atoms with Gasteiger partial charge in [-0.15, -0.1) is 0 Å². The van der Waals surface area contributed by atoms with Crippen LogP contribution in [0.2, 0.25) is 0 Å². The van der Waals surface area contributed by atoms with Gasteiger partial charge in [-0.3, -0.25) is 4.79 Å². The first-order chi connectivity index (χ1) is 12.3. The summed E-state index contributed by atoms with van der Waals surface area (Å²) in [7, 11) is 0. The normalized spacial score (nSPS) is 14.6. The lowest BCUT2D eigenvalue weighted by Gasteiger charge is -2.35. The van der Waals surface area contributed by atoms with Crippen molar-refractivity contribution in [3.05, 3.63) is 48.9 Å². The first-order valence-electron chi connectivity index (χ1n) is 8.57. The molecule has 1 amide bonds. The maximum absolute atomic E-state index is 12.3. The van der Waals surface area contributed by atoms with E-state index < -0.39 is 0 Å². The molecule has 2 aromatic heterocycles. The van der Waals surface area contributed by atoms with E-state index in [0.717, 1.165) is 37.7 Å². The minimum absolute atomic E-state index is 0.199. The zero-order valence-corrected chi connectivity index (χ0v) is 14.3. The van der Waals surface area contributed by atoms with Crippen molar-refractivity contribution >= 4 is 17.9 Å². The van der Waals surface area contributed by atoms with Gasteiger partial charge in [0.2, 0.25) is 5.91 Å². The maximum Gasteiger partial charge on any atom is 0.223 e. The molecule has 0 unspecified atom stereocenters. The van der Waals surface area contributed by atoms with Gasteiger partial charge in [0.1, 0.15) is 5.82 Å². The lowest BCUT2D eigenvalue weighted by atomic mass is 10.2. The van der Waals surface area contributed by atoms with Gasteiger partial charge in [-0.1, -0.05) is 12.6 Å². The second kappa shape index (κ2) is 8.43. The number of nitrogens with zero attached hydrogens (tertiary/aromatic N) is 5. The summed E-state index contributed by atoms with van der Waals surface area (Å²) in [6.07, 6.45) is 5.72. The van der Waals surface area contributed by atoms with Gasteiger partial charge in [-0.05, 0) is 18.2 Å². The molecule has 7 nitrogen and oxygen atoms in total. The summed E-state index contributed by atoms with van der Waals surface area (Å²) in [4.78, 5) is 20.9. The Kier molecular flexibility index (Phi) is 5.79. The van der Waals surface area contributed by atoms with Crippen LogP contribution in [0, 0.1) is 0 Å². The SMILES string of the molecule is C=Cn1nccc1CNCCC(=O)N1CCN(c2ccccn2)CC1. The Morgan fingerprint density at radius 3 is 2.76 bits per heavy atom. The Morgan fingerprint density at radius 1 is 1.20 bits per heavy atom. The third-order valence-corrected chi connectivity index (χ3v) is 4.35. The summed E-state index contributed by atoms with van der Waals surface area (Å²) in [5, 5.41) is 7.42. The number of rotatable bonds is 7. The van der Waals surface area contributed by atoms with E-state index >= 15 is 0 Å². The van der Waals surface area contributed by atoms with E-state index in [2.05, 4.69) is 26.9 Å². The molecule has 0 saturated carbocycles. The van der Waals surface area contributed by atoms with Crippen molar-refractivity contribution in [2.45, 2.75) is 13.0 Å². The summed E-state index contributed by atoms with van der Waals surface area (Å²) in [5.74, 6) is 1.18. The molecule has 1 saturated heterocycles. The number of hydrogen-bond acceptors (Lipinski definition) is 5. The molecule has 1 aliphatic heterocycles. The van der Waals surface area contributed by atoms with Gasteiger partial charge in [0.15, 0.2) is 0 Å². The highest BCUT2D eigenvalue weighted by molar-refractivity contribution is 5.76. The molecule has 2 aromatic rings. The van der Waals surface area contributed by atoms with Crippen LogP contribution in [-0.2, 0) is 11.3 Å². The predicted octanol–water partition coefficient (Wildman–Crippen LogP) is 1.21. The molecule has 0 spiro atoms. The van der Waals surface area contributed by atoms with Crippen molar-refractivity contribution in [3.8, 4) is 0 Å². The third-order valence-electron chi connectivity index (χ3n) is 4.35. The van der Waals surface area contributed by atoms with Gasteiger partial charge < -0.3 is 15.1 Å². The van der Waals surface area contributed by atoms with E-state index in [9.17, 15) is 4.79 Å². The molecule has 1 aliphatic rings. The van der Waals surface area contributed by atoms with Crippen molar-refractivity contribution < 1.29 is 4.79 Å². The smallest absolute Gasteiger partial charge is 0.223 e. The molecule has 1 N–H and O–H groups in total. The Bertz CT molecular complexity index is 691. The fourth-order valence-electron chi connectivity index (χ4n) is 2.94. The summed E-state index contributed by atoms with van der Waals surface area (Å²) in [6.45, 7) is 8.19. The van der Waals surface area contributed by atoms with Crippen LogP contribution in [0.5, 0.6) is 0 Å². The van der Waals surface area contributed by atoms with Gasteiger partial charge in [0.05, 0.1) is 5.69 Å². The molecule has 7 heteroatoms. The topological polar surface area (TPSA) is 66.3 Å². The van der Waals surface area contributed by atoms with E-state index in [0.29, 0.717) is 19.5 Å². The van der Waals surface area contributed by atoms with E-state index in [1.807, 2.05) is 29.2 Å². The standard InChI is InChI=1S/C18H24N6O/c1-2-24-16(6-10-21-24)15-19-9-7-18(25)23-13-11-22(12-14-23)17-5-3-4-8-20-17/h2-6,8,10,19H,1,7,9,11-15H2. The Morgan fingerprint density at radius 2 is 2.04 bits per heavy atom. The summed E-state index contributed by atoms with van der Waals surface area (Å²) in [6, 6.07) is 7.85. The summed E-state index contributed by atoms with van der Waals surface area (Å²) < 4.78 is 1.73. The van der Waals surface area contributed by atoms with Crippen molar-refractivity contribution in [1.29, 1.82) is 0 Å². The molecule has 0 aliphatic carbocycles. The number of anilines is 1. The molecule has 3 heterocycles. The maximum atomic E-state index is 12.3. The zero-order valence-electron chi connectivity index (χ0n) is 14.3. The summed E-state index contributed by atoms with van der Waals surface area (Å²) >= 11 is 0. The molecule has 0 radical (unpaired) electrons. The summed E-state index contributed by atoms with van der Waals surface area (Å²) in [5.41, 5.74) is 1.03. The minimum Gasteiger partial charge on any atom is -0.353 e. The number of pyridine rings is 1. The van der Waals surface area contributed by atoms with Crippen LogP contribution in [-0.4, -0.2) is 58.3 Å². The highest BCUT2D eigenvalue weighted by Crippen LogP contribution is 2.12. The fourth-order valence-corrected chi connectivity index (χ4v) is 2.94. The van der Waals surface area contributed by atoms with Crippen molar-refractivity contribution in [2.24, 2.45) is 0 Å². The van der Waals surface area contributed by atoms with Crippen LogP contribution in [0.15, 0.2) is 43.2 Å². The predicted molar refractivity (Wildman–Crippen MR) is 98.0 cm³/mol.